The molecule has 1 aliphatic heterocycles. The predicted molar refractivity (Wildman–Crippen MR) is 99.2 cm³/mol. The predicted octanol–water partition coefficient (Wildman–Crippen LogP) is 2.88. The molecule has 0 radical (unpaired) electrons. The molecule has 1 N–H and O–H groups in total. The molecule has 2 aromatic rings. The molecule has 1 unspecified atom stereocenters. The van der Waals surface area contributed by atoms with Crippen LogP contribution < -0.4 is 5.32 Å². The summed E-state index contributed by atoms with van der Waals surface area (Å²) in [6.07, 6.45) is 8.42. The number of hydrogen-bond donors (Lipinski definition) is 1. The van der Waals surface area contributed by atoms with Gasteiger partial charge < -0.3 is 10.2 Å². The third-order valence-electron chi connectivity index (χ3n) is 4.52. The Balaban J connectivity index is 1.67. The van der Waals surface area contributed by atoms with Crippen molar-refractivity contribution >= 4 is 17.5 Å². The number of anilines is 1. The Morgan fingerprint density at radius 2 is 2.15 bits per heavy atom. The van der Waals surface area contributed by atoms with Crippen LogP contribution in [0.4, 0.5) is 5.69 Å². The molecule has 3 rings (SSSR count). The Labute approximate surface area is 153 Å². The summed E-state index contributed by atoms with van der Waals surface area (Å²) >= 11 is 0. The first kappa shape index (κ1) is 18.1. The smallest absolute Gasteiger partial charge is 0.274 e. The Morgan fingerprint density at radius 1 is 1.31 bits per heavy atom. The number of aromatic nitrogens is 3. The van der Waals surface area contributed by atoms with Crippen LogP contribution in [-0.2, 0) is 4.79 Å². The first-order valence-corrected chi connectivity index (χ1v) is 9.16. The molecule has 0 bridgehead atoms. The number of pyridine rings is 1. The molecule has 1 fully saturated rings. The molecule has 1 atom stereocenters. The number of piperidine rings is 1. The van der Waals surface area contributed by atoms with Crippen molar-refractivity contribution in [1.29, 1.82) is 0 Å². The molecule has 2 aromatic heterocycles. The SMILES string of the molecule is CCCC(=O)Nc1ccc(-n2cnc(C(=O)N3CCCC(C)C3)c2)nc1. The maximum atomic E-state index is 12.6. The number of imidazole rings is 1. The van der Waals surface area contributed by atoms with Crippen LogP contribution in [0.2, 0.25) is 0 Å². The summed E-state index contributed by atoms with van der Waals surface area (Å²) in [5.74, 6) is 1.14. The molecular weight excluding hydrogens is 330 g/mol. The third-order valence-corrected chi connectivity index (χ3v) is 4.52. The lowest BCUT2D eigenvalue weighted by Crippen LogP contribution is -2.39. The molecule has 3 heterocycles. The quantitative estimate of drug-likeness (QED) is 0.894. The normalized spacial score (nSPS) is 17.2. The maximum Gasteiger partial charge on any atom is 0.274 e. The Hall–Kier alpha value is -2.70. The van der Waals surface area contributed by atoms with E-state index in [0.29, 0.717) is 29.5 Å². The van der Waals surface area contributed by atoms with Crippen molar-refractivity contribution in [1.82, 2.24) is 19.4 Å². The fourth-order valence-electron chi connectivity index (χ4n) is 3.16. The van der Waals surface area contributed by atoms with Crippen LogP contribution in [0.1, 0.15) is 50.0 Å². The maximum absolute atomic E-state index is 12.6. The number of nitrogens with one attached hydrogen (secondary N) is 1. The van der Waals surface area contributed by atoms with Crippen LogP contribution in [0.25, 0.3) is 5.82 Å². The van der Waals surface area contributed by atoms with Crippen LogP contribution in [0.15, 0.2) is 30.9 Å². The monoisotopic (exact) mass is 355 g/mol. The van der Waals surface area contributed by atoms with E-state index in [1.54, 1.807) is 35.4 Å². The van der Waals surface area contributed by atoms with E-state index >= 15 is 0 Å². The molecule has 2 amide bonds. The third kappa shape index (κ3) is 4.28. The van der Waals surface area contributed by atoms with Gasteiger partial charge in [-0.15, -0.1) is 0 Å². The first-order valence-electron chi connectivity index (χ1n) is 9.16. The van der Waals surface area contributed by atoms with Crippen molar-refractivity contribution in [3.63, 3.8) is 0 Å². The van der Waals surface area contributed by atoms with Gasteiger partial charge in [0.05, 0.1) is 11.9 Å². The molecule has 26 heavy (non-hydrogen) atoms. The zero-order valence-electron chi connectivity index (χ0n) is 15.3. The standard InChI is InChI=1S/C19H25N5O2/c1-3-5-18(25)22-15-7-8-17(20-10-15)24-12-16(21-13-24)19(26)23-9-4-6-14(2)11-23/h7-8,10,12-14H,3-6,9,11H2,1-2H3,(H,22,25). The van der Waals surface area contributed by atoms with Crippen molar-refractivity contribution in [2.75, 3.05) is 18.4 Å². The van der Waals surface area contributed by atoms with Gasteiger partial charge in [-0.3, -0.25) is 14.2 Å². The highest BCUT2D eigenvalue weighted by atomic mass is 16.2. The van der Waals surface area contributed by atoms with Crippen molar-refractivity contribution in [2.45, 2.75) is 39.5 Å². The zero-order chi connectivity index (χ0) is 18.5. The van der Waals surface area contributed by atoms with Crippen molar-refractivity contribution in [2.24, 2.45) is 5.92 Å². The summed E-state index contributed by atoms with van der Waals surface area (Å²) in [5.41, 5.74) is 1.09. The van der Waals surface area contributed by atoms with Gasteiger partial charge in [-0.05, 0) is 37.3 Å². The summed E-state index contributed by atoms with van der Waals surface area (Å²) in [6, 6.07) is 3.59. The van der Waals surface area contributed by atoms with E-state index < -0.39 is 0 Å². The highest BCUT2D eigenvalue weighted by Crippen LogP contribution is 2.18. The van der Waals surface area contributed by atoms with Gasteiger partial charge in [0.25, 0.3) is 5.91 Å². The van der Waals surface area contributed by atoms with Gasteiger partial charge in [0.1, 0.15) is 17.8 Å². The average molecular weight is 355 g/mol. The second-order valence-corrected chi connectivity index (χ2v) is 6.87. The molecule has 0 aromatic carbocycles. The minimum Gasteiger partial charge on any atom is -0.337 e. The number of carbonyl (C=O) groups is 2. The number of rotatable bonds is 5. The van der Waals surface area contributed by atoms with E-state index in [9.17, 15) is 9.59 Å². The summed E-state index contributed by atoms with van der Waals surface area (Å²) in [7, 11) is 0. The Kier molecular flexibility index (Phi) is 5.65. The molecule has 1 aliphatic rings. The fourth-order valence-corrected chi connectivity index (χ4v) is 3.16. The lowest BCUT2D eigenvalue weighted by atomic mass is 10.0. The number of carbonyl (C=O) groups excluding carboxylic acids is 2. The van der Waals surface area contributed by atoms with Gasteiger partial charge >= 0.3 is 0 Å². The van der Waals surface area contributed by atoms with Crippen LogP contribution in [0, 0.1) is 5.92 Å². The summed E-state index contributed by atoms with van der Waals surface area (Å²) in [6.45, 7) is 5.71. The molecule has 7 heteroatoms. The minimum atomic E-state index is -0.0289. The van der Waals surface area contributed by atoms with Crippen molar-refractivity contribution in [3.05, 3.63) is 36.5 Å². The second-order valence-electron chi connectivity index (χ2n) is 6.87. The minimum absolute atomic E-state index is 0.0201. The highest BCUT2D eigenvalue weighted by Gasteiger charge is 2.23. The largest absolute Gasteiger partial charge is 0.337 e. The van der Waals surface area contributed by atoms with Gasteiger partial charge in [-0.1, -0.05) is 13.8 Å². The first-order chi connectivity index (χ1) is 12.6. The van der Waals surface area contributed by atoms with Gasteiger partial charge in [-0.2, -0.15) is 0 Å². The van der Waals surface area contributed by atoms with Gasteiger partial charge in [0.15, 0.2) is 0 Å². The lowest BCUT2D eigenvalue weighted by Gasteiger charge is -2.30. The summed E-state index contributed by atoms with van der Waals surface area (Å²) in [4.78, 5) is 34.7. The zero-order valence-corrected chi connectivity index (χ0v) is 15.3. The summed E-state index contributed by atoms with van der Waals surface area (Å²) < 4.78 is 1.72. The topological polar surface area (TPSA) is 80.1 Å². The van der Waals surface area contributed by atoms with Crippen LogP contribution >= 0.6 is 0 Å². The number of nitrogens with zero attached hydrogens (tertiary/aromatic N) is 4. The van der Waals surface area contributed by atoms with E-state index in [-0.39, 0.29) is 11.8 Å². The Bertz CT molecular complexity index is 768. The lowest BCUT2D eigenvalue weighted by molar-refractivity contribution is -0.116. The van der Waals surface area contributed by atoms with Crippen LogP contribution in [0.5, 0.6) is 0 Å². The van der Waals surface area contributed by atoms with Crippen LogP contribution in [-0.4, -0.2) is 44.3 Å². The van der Waals surface area contributed by atoms with E-state index in [1.807, 2.05) is 11.8 Å². The van der Waals surface area contributed by atoms with Gasteiger partial charge in [0, 0.05) is 25.7 Å². The van der Waals surface area contributed by atoms with E-state index in [0.717, 1.165) is 25.9 Å². The molecule has 0 spiro atoms. The second kappa shape index (κ2) is 8.12. The van der Waals surface area contributed by atoms with Crippen molar-refractivity contribution < 1.29 is 9.59 Å². The number of likely N-dealkylation sites (tertiary alicyclic amines) is 1. The molecule has 0 saturated carbocycles. The van der Waals surface area contributed by atoms with E-state index in [2.05, 4.69) is 22.2 Å². The molecule has 0 aliphatic carbocycles. The molecular formula is C19H25N5O2. The van der Waals surface area contributed by atoms with E-state index in [4.69, 9.17) is 0 Å². The van der Waals surface area contributed by atoms with Gasteiger partial charge in [-0.25, -0.2) is 9.97 Å². The highest BCUT2D eigenvalue weighted by molar-refractivity contribution is 5.92. The number of amides is 2. The Morgan fingerprint density at radius 3 is 2.85 bits per heavy atom. The number of hydrogen-bond acceptors (Lipinski definition) is 4. The van der Waals surface area contributed by atoms with Gasteiger partial charge in [0.2, 0.25) is 5.91 Å². The van der Waals surface area contributed by atoms with Crippen molar-refractivity contribution in [3.8, 4) is 5.82 Å². The summed E-state index contributed by atoms with van der Waals surface area (Å²) in [5, 5.41) is 2.80. The molecule has 7 nitrogen and oxygen atoms in total. The van der Waals surface area contributed by atoms with Crippen LogP contribution in [0.3, 0.4) is 0 Å². The molecule has 138 valence electrons. The van der Waals surface area contributed by atoms with E-state index in [1.165, 1.54) is 6.42 Å². The molecule has 1 saturated heterocycles. The fraction of sp³-hybridized carbons (Fsp3) is 0.474. The average Bonchev–Trinajstić information content (AvgIpc) is 3.12.